The number of amides is 2. The summed E-state index contributed by atoms with van der Waals surface area (Å²) in [6.07, 6.45) is 3.21. The van der Waals surface area contributed by atoms with E-state index >= 15 is 0 Å². The van der Waals surface area contributed by atoms with Crippen LogP contribution in [-0.4, -0.2) is 49.6 Å². The van der Waals surface area contributed by atoms with Gasteiger partial charge >= 0.3 is 0 Å². The summed E-state index contributed by atoms with van der Waals surface area (Å²) in [6.45, 7) is 5.15. The highest BCUT2D eigenvalue weighted by molar-refractivity contribution is 5.99. The molecule has 0 spiro atoms. The van der Waals surface area contributed by atoms with Gasteiger partial charge in [0.2, 0.25) is 0 Å². The molecule has 1 heterocycles. The van der Waals surface area contributed by atoms with Crippen molar-refractivity contribution in [2.24, 2.45) is 0 Å². The van der Waals surface area contributed by atoms with Crippen LogP contribution in [0.1, 0.15) is 46.9 Å². The smallest absolute Gasteiger partial charge is 0.254 e. The van der Waals surface area contributed by atoms with Crippen molar-refractivity contribution in [2.45, 2.75) is 26.2 Å². The molecule has 0 radical (unpaired) electrons. The monoisotopic (exact) mass is 304 g/mol. The van der Waals surface area contributed by atoms with Crippen LogP contribution in [0.25, 0.3) is 0 Å². The fraction of sp³-hybridized carbons (Fsp3) is 0.529. The third-order valence-corrected chi connectivity index (χ3v) is 3.74. The molecule has 1 N–H and O–H groups in total. The first-order valence-electron chi connectivity index (χ1n) is 7.97. The second-order valence-corrected chi connectivity index (χ2v) is 5.45. The lowest BCUT2D eigenvalue weighted by atomic mass is 10.1. The molecule has 1 aliphatic heterocycles. The van der Waals surface area contributed by atoms with E-state index in [4.69, 9.17) is 4.74 Å². The molecule has 5 heteroatoms. The van der Waals surface area contributed by atoms with Gasteiger partial charge in [-0.05, 0) is 24.6 Å². The number of morpholine rings is 1. The molecule has 1 fully saturated rings. The second-order valence-electron chi connectivity index (χ2n) is 5.45. The molecule has 5 nitrogen and oxygen atoms in total. The number of rotatable bonds is 6. The van der Waals surface area contributed by atoms with Crippen LogP contribution < -0.4 is 5.32 Å². The Kier molecular flexibility index (Phi) is 6.40. The van der Waals surface area contributed by atoms with Gasteiger partial charge < -0.3 is 15.0 Å². The number of hydrogen-bond acceptors (Lipinski definition) is 3. The van der Waals surface area contributed by atoms with Crippen LogP contribution in [0.5, 0.6) is 0 Å². The van der Waals surface area contributed by atoms with Crippen LogP contribution in [0.15, 0.2) is 24.3 Å². The molecule has 120 valence electrons. The van der Waals surface area contributed by atoms with Gasteiger partial charge in [0.1, 0.15) is 0 Å². The molecule has 1 saturated heterocycles. The number of ether oxygens (including phenoxy) is 1. The van der Waals surface area contributed by atoms with E-state index in [2.05, 4.69) is 12.2 Å². The van der Waals surface area contributed by atoms with Gasteiger partial charge in [-0.25, -0.2) is 0 Å². The zero-order chi connectivity index (χ0) is 15.8. The summed E-state index contributed by atoms with van der Waals surface area (Å²) < 4.78 is 5.25. The topological polar surface area (TPSA) is 58.6 Å². The van der Waals surface area contributed by atoms with E-state index in [0.29, 0.717) is 44.0 Å². The minimum Gasteiger partial charge on any atom is -0.378 e. The van der Waals surface area contributed by atoms with Crippen molar-refractivity contribution in [3.05, 3.63) is 35.4 Å². The molecule has 2 rings (SSSR count). The Morgan fingerprint density at radius 2 is 1.91 bits per heavy atom. The van der Waals surface area contributed by atoms with E-state index in [-0.39, 0.29) is 11.8 Å². The van der Waals surface area contributed by atoms with Crippen molar-refractivity contribution in [2.75, 3.05) is 32.8 Å². The van der Waals surface area contributed by atoms with Crippen LogP contribution in [0.2, 0.25) is 0 Å². The summed E-state index contributed by atoms with van der Waals surface area (Å²) in [5, 5.41) is 2.90. The van der Waals surface area contributed by atoms with Gasteiger partial charge in [-0.3, -0.25) is 9.59 Å². The van der Waals surface area contributed by atoms with Crippen LogP contribution in [0.3, 0.4) is 0 Å². The van der Waals surface area contributed by atoms with Crippen molar-refractivity contribution >= 4 is 11.8 Å². The van der Waals surface area contributed by atoms with Gasteiger partial charge in [0, 0.05) is 30.8 Å². The lowest BCUT2D eigenvalue weighted by Gasteiger charge is -2.27. The average molecular weight is 304 g/mol. The highest BCUT2D eigenvalue weighted by Crippen LogP contribution is 2.10. The molecule has 0 aliphatic carbocycles. The summed E-state index contributed by atoms with van der Waals surface area (Å²) in [4.78, 5) is 26.3. The first-order chi connectivity index (χ1) is 10.7. The quantitative estimate of drug-likeness (QED) is 0.819. The van der Waals surface area contributed by atoms with Gasteiger partial charge in [0.25, 0.3) is 11.8 Å². The molecule has 1 aromatic rings. The van der Waals surface area contributed by atoms with E-state index < -0.39 is 0 Å². The third kappa shape index (κ3) is 4.56. The van der Waals surface area contributed by atoms with E-state index in [9.17, 15) is 9.59 Å². The maximum absolute atomic E-state index is 12.4. The SMILES string of the molecule is CCCCCNC(=O)c1cccc(C(=O)N2CCOCC2)c1. The van der Waals surface area contributed by atoms with E-state index in [1.54, 1.807) is 29.2 Å². The lowest BCUT2D eigenvalue weighted by Crippen LogP contribution is -2.40. The Morgan fingerprint density at radius 3 is 2.64 bits per heavy atom. The molecule has 0 atom stereocenters. The van der Waals surface area contributed by atoms with Crippen LogP contribution in [-0.2, 0) is 4.74 Å². The minimum atomic E-state index is -0.118. The fourth-order valence-electron chi connectivity index (χ4n) is 2.42. The zero-order valence-electron chi connectivity index (χ0n) is 13.1. The number of unbranched alkanes of at least 4 members (excludes halogenated alkanes) is 2. The van der Waals surface area contributed by atoms with Crippen LogP contribution in [0.4, 0.5) is 0 Å². The predicted molar refractivity (Wildman–Crippen MR) is 85.0 cm³/mol. The van der Waals surface area contributed by atoms with Crippen molar-refractivity contribution < 1.29 is 14.3 Å². The number of nitrogens with one attached hydrogen (secondary N) is 1. The number of carbonyl (C=O) groups is 2. The maximum Gasteiger partial charge on any atom is 0.254 e. The molecule has 0 bridgehead atoms. The van der Waals surface area contributed by atoms with Crippen molar-refractivity contribution in [1.29, 1.82) is 0 Å². The highest BCUT2D eigenvalue weighted by Gasteiger charge is 2.19. The molecule has 0 unspecified atom stereocenters. The Morgan fingerprint density at radius 1 is 1.18 bits per heavy atom. The fourth-order valence-corrected chi connectivity index (χ4v) is 2.42. The normalized spacial score (nSPS) is 14.7. The van der Waals surface area contributed by atoms with Crippen molar-refractivity contribution in [3.63, 3.8) is 0 Å². The summed E-state index contributed by atoms with van der Waals surface area (Å²) in [5.74, 6) is -0.156. The zero-order valence-corrected chi connectivity index (χ0v) is 13.1. The Balaban J connectivity index is 1.96. The summed E-state index contributed by atoms with van der Waals surface area (Å²) in [7, 11) is 0. The standard InChI is InChI=1S/C17H24N2O3/c1-2-3-4-8-18-16(20)14-6-5-7-15(13-14)17(21)19-9-11-22-12-10-19/h5-7,13H,2-4,8-12H2,1H3,(H,18,20). The minimum absolute atomic E-state index is 0.0380. The molecule has 1 aliphatic rings. The number of carbonyl (C=O) groups excluding carboxylic acids is 2. The summed E-state index contributed by atoms with van der Waals surface area (Å²) in [5.41, 5.74) is 1.10. The van der Waals surface area contributed by atoms with Gasteiger partial charge in [-0.15, -0.1) is 0 Å². The molecule has 1 aromatic carbocycles. The first-order valence-corrected chi connectivity index (χ1v) is 7.97. The van der Waals surface area contributed by atoms with Gasteiger partial charge in [0.05, 0.1) is 13.2 Å². The van der Waals surface area contributed by atoms with E-state index in [0.717, 1.165) is 19.3 Å². The van der Waals surface area contributed by atoms with Gasteiger partial charge in [0.15, 0.2) is 0 Å². The van der Waals surface area contributed by atoms with Crippen molar-refractivity contribution in [1.82, 2.24) is 10.2 Å². The molecule has 0 saturated carbocycles. The van der Waals surface area contributed by atoms with Crippen LogP contribution in [0, 0.1) is 0 Å². The molecular weight excluding hydrogens is 280 g/mol. The maximum atomic E-state index is 12.4. The number of hydrogen-bond donors (Lipinski definition) is 1. The average Bonchev–Trinajstić information content (AvgIpc) is 2.59. The lowest BCUT2D eigenvalue weighted by molar-refractivity contribution is 0.0303. The Labute approximate surface area is 131 Å². The van der Waals surface area contributed by atoms with Crippen LogP contribution >= 0.6 is 0 Å². The third-order valence-electron chi connectivity index (χ3n) is 3.74. The summed E-state index contributed by atoms with van der Waals surface area (Å²) >= 11 is 0. The van der Waals surface area contributed by atoms with E-state index in [1.165, 1.54) is 0 Å². The van der Waals surface area contributed by atoms with Crippen molar-refractivity contribution in [3.8, 4) is 0 Å². The first kappa shape index (κ1) is 16.5. The second kappa shape index (κ2) is 8.54. The highest BCUT2D eigenvalue weighted by atomic mass is 16.5. The molecule has 2 amide bonds. The summed E-state index contributed by atoms with van der Waals surface area (Å²) in [6, 6.07) is 6.93. The van der Waals surface area contributed by atoms with Gasteiger partial charge in [-0.1, -0.05) is 25.8 Å². The largest absolute Gasteiger partial charge is 0.378 e. The molecular formula is C17H24N2O3. The Bertz CT molecular complexity index is 510. The Hall–Kier alpha value is -1.88. The molecule has 0 aromatic heterocycles. The van der Waals surface area contributed by atoms with E-state index in [1.807, 2.05) is 0 Å². The predicted octanol–water partition coefficient (Wildman–Crippen LogP) is 2.08. The number of nitrogens with zero attached hydrogens (tertiary/aromatic N) is 1. The molecule has 22 heavy (non-hydrogen) atoms. The number of benzene rings is 1. The van der Waals surface area contributed by atoms with Gasteiger partial charge in [-0.2, -0.15) is 0 Å².